The van der Waals surface area contributed by atoms with E-state index in [0.29, 0.717) is 0 Å². The van der Waals surface area contributed by atoms with E-state index in [4.69, 9.17) is 4.42 Å². The number of hydrogen-bond donors (Lipinski definition) is 0. The molecule has 244 valence electrons. The van der Waals surface area contributed by atoms with Gasteiger partial charge in [0.25, 0.3) is 0 Å². The van der Waals surface area contributed by atoms with Crippen molar-refractivity contribution < 1.29 is 4.42 Å². The van der Waals surface area contributed by atoms with Crippen molar-refractivity contribution in [3.05, 3.63) is 200 Å². The Morgan fingerprint density at radius 1 is 0.327 bits per heavy atom. The highest BCUT2D eigenvalue weighted by molar-refractivity contribution is 6.16. The van der Waals surface area contributed by atoms with Crippen LogP contribution < -0.4 is 4.90 Å². The summed E-state index contributed by atoms with van der Waals surface area (Å²) in [5, 5.41) is 7.03. The van der Waals surface area contributed by atoms with Crippen molar-refractivity contribution >= 4 is 60.5 Å². The van der Waals surface area contributed by atoms with Gasteiger partial charge < -0.3 is 9.32 Å². The van der Waals surface area contributed by atoms with Gasteiger partial charge in [-0.25, -0.2) is 0 Å². The van der Waals surface area contributed by atoms with Gasteiger partial charge in [-0.3, -0.25) is 0 Å². The zero-order valence-corrected chi connectivity index (χ0v) is 28.4. The van der Waals surface area contributed by atoms with Gasteiger partial charge in [-0.05, 0) is 97.9 Å². The van der Waals surface area contributed by atoms with Crippen LogP contribution in [0.3, 0.4) is 0 Å². The quantitative estimate of drug-likeness (QED) is 0.176. The van der Waals surface area contributed by atoms with Gasteiger partial charge in [-0.1, -0.05) is 152 Å². The average molecular weight is 664 g/mol. The van der Waals surface area contributed by atoms with Crippen molar-refractivity contribution in [1.82, 2.24) is 0 Å². The van der Waals surface area contributed by atoms with Crippen LogP contribution in [0.4, 0.5) is 17.1 Å². The van der Waals surface area contributed by atoms with Crippen LogP contribution in [0, 0.1) is 0 Å². The first-order valence-electron chi connectivity index (χ1n) is 17.8. The van der Waals surface area contributed by atoms with Crippen LogP contribution >= 0.6 is 0 Å². The molecule has 2 heteroatoms. The molecule has 0 spiro atoms. The Morgan fingerprint density at radius 2 is 0.904 bits per heavy atom. The molecule has 0 aliphatic heterocycles. The second kappa shape index (κ2) is 12.5. The molecule has 52 heavy (non-hydrogen) atoms. The Labute approximate surface area is 302 Å². The zero-order valence-electron chi connectivity index (χ0n) is 28.4. The largest absolute Gasteiger partial charge is 0.456 e. The molecule has 0 aliphatic rings. The third-order valence-corrected chi connectivity index (χ3v) is 10.2. The van der Waals surface area contributed by atoms with E-state index in [1.54, 1.807) is 0 Å². The highest BCUT2D eigenvalue weighted by atomic mass is 16.3. The van der Waals surface area contributed by atoms with Crippen molar-refractivity contribution in [2.45, 2.75) is 0 Å². The molecule has 0 atom stereocenters. The van der Waals surface area contributed by atoms with E-state index in [1.807, 2.05) is 0 Å². The molecular formula is C50H33NO. The molecular weight excluding hydrogens is 631 g/mol. The summed E-state index contributed by atoms with van der Waals surface area (Å²) in [4.78, 5) is 2.42. The fourth-order valence-corrected chi connectivity index (χ4v) is 7.77. The van der Waals surface area contributed by atoms with E-state index >= 15 is 0 Å². The molecule has 1 aromatic heterocycles. The highest BCUT2D eigenvalue weighted by Gasteiger charge is 2.22. The lowest BCUT2D eigenvalue weighted by Crippen LogP contribution is -2.11. The first-order chi connectivity index (χ1) is 25.8. The maximum atomic E-state index is 6.55. The number of rotatable bonds is 6. The zero-order chi connectivity index (χ0) is 34.4. The first-order valence-corrected chi connectivity index (χ1v) is 17.8. The third-order valence-electron chi connectivity index (χ3n) is 10.2. The number of benzene rings is 9. The number of furan rings is 1. The van der Waals surface area contributed by atoms with Crippen LogP contribution in [0.2, 0.25) is 0 Å². The number of nitrogens with zero attached hydrogens (tertiary/aromatic N) is 1. The Hall–Kier alpha value is -6.90. The minimum absolute atomic E-state index is 0.883. The van der Waals surface area contributed by atoms with Gasteiger partial charge in [0.1, 0.15) is 11.2 Å². The Bertz CT molecular complexity index is 2910. The minimum Gasteiger partial charge on any atom is -0.456 e. The van der Waals surface area contributed by atoms with Crippen molar-refractivity contribution in [3.63, 3.8) is 0 Å². The summed E-state index contributed by atoms with van der Waals surface area (Å²) >= 11 is 0. The molecule has 2 nitrogen and oxygen atoms in total. The standard InChI is InChI=1S/C50H33NO/c1-3-15-35(16-4-1)42-29-28-41(33-45(42)36-17-5-2-6-18-36)51(40-27-26-34-14-7-8-19-37(34)30-40)47-24-12-11-22-43(47)44-23-13-25-48-50(44)46-31-38-20-9-10-21-39(38)32-49(46)52-48/h1-33H. The lowest BCUT2D eigenvalue weighted by Gasteiger charge is -2.29. The monoisotopic (exact) mass is 663 g/mol. The predicted octanol–water partition coefficient (Wildman–Crippen LogP) is 14.4. The van der Waals surface area contributed by atoms with Gasteiger partial charge >= 0.3 is 0 Å². The molecule has 0 bridgehead atoms. The lowest BCUT2D eigenvalue weighted by atomic mass is 9.93. The lowest BCUT2D eigenvalue weighted by molar-refractivity contribution is 0.669. The van der Waals surface area contributed by atoms with Gasteiger partial charge in [0.2, 0.25) is 0 Å². The van der Waals surface area contributed by atoms with Crippen molar-refractivity contribution in [3.8, 4) is 33.4 Å². The van der Waals surface area contributed by atoms with Crippen molar-refractivity contribution in [2.75, 3.05) is 4.90 Å². The van der Waals surface area contributed by atoms with Gasteiger partial charge in [0.05, 0.1) is 5.69 Å². The fourth-order valence-electron chi connectivity index (χ4n) is 7.77. The maximum Gasteiger partial charge on any atom is 0.136 e. The topological polar surface area (TPSA) is 16.4 Å². The summed E-state index contributed by atoms with van der Waals surface area (Å²) in [5.41, 5.74) is 12.1. The number of fused-ring (bicyclic) bond motifs is 5. The van der Waals surface area contributed by atoms with Crippen LogP contribution in [-0.2, 0) is 0 Å². The Balaban J connectivity index is 1.24. The predicted molar refractivity (Wildman–Crippen MR) is 220 cm³/mol. The molecule has 0 radical (unpaired) electrons. The van der Waals surface area contributed by atoms with Gasteiger partial charge in [-0.15, -0.1) is 0 Å². The smallest absolute Gasteiger partial charge is 0.136 e. The summed E-state index contributed by atoms with van der Waals surface area (Å²) in [6, 6.07) is 71.8. The van der Waals surface area contributed by atoms with Gasteiger partial charge in [0, 0.05) is 27.7 Å². The molecule has 10 rings (SSSR count). The normalized spacial score (nSPS) is 11.5. The second-order valence-electron chi connectivity index (χ2n) is 13.3. The number of anilines is 3. The number of hydrogen-bond acceptors (Lipinski definition) is 2. The Kier molecular flexibility index (Phi) is 7.18. The fraction of sp³-hybridized carbons (Fsp3) is 0. The van der Waals surface area contributed by atoms with Gasteiger partial charge in [0.15, 0.2) is 0 Å². The third kappa shape index (κ3) is 5.12. The second-order valence-corrected chi connectivity index (χ2v) is 13.3. The molecule has 0 aliphatic carbocycles. The maximum absolute atomic E-state index is 6.55. The van der Waals surface area contributed by atoms with E-state index in [-0.39, 0.29) is 0 Å². The van der Waals surface area contributed by atoms with E-state index in [1.165, 1.54) is 43.8 Å². The molecule has 10 aromatic rings. The van der Waals surface area contributed by atoms with E-state index in [2.05, 4.69) is 205 Å². The average Bonchev–Trinajstić information content (AvgIpc) is 3.58. The summed E-state index contributed by atoms with van der Waals surface area (Å²) < 4.78 is 6.55. The van der Waals surface area contributed by atoms with Crippen LogP contribution in [0.5, 0.6) is 0 Å². The minimum atomic E-state index is 0.883. The summed E-state index contributed by atoms with van der Waals surface area (Å²) in [6.45, 7) is 0. The molecule has 0 unspecified atom stereocenters. The van der Waals surface area contributed by atoms with Crippen molar-refractivity contribution in [1.29, 1.82) is 0 Å². The Morgan fingerprint density at radius 3 is 1.67 bits per heavy atom. The SMILES string of the molecule is c1ccc(-c2ccc(N(c3ccc4ccccc4c3)c3ccccc3-c3cccc4oc5cc6ccccc6cc5c34)cc2-c2ccccc2)cc1. The van der Waals surface area contributed by atoms with Gasteiger partial charge in [-0.2, -0.15) is 0 Å². The first kappa shape index (κ1) is 30.0. The molecule has 0 saturated carbocycles. The van der Waals surface area contributed by atoms with Crippen LogP contribution in [-0.4, -0.2) is 0 Å². The molecule has 0 amide bonds. The summed E-state index contributed by atoms with van der Waals surface area (Å²) in [7, 11) is 0. The van der Waals surface area contributed by atoms with Crippen LogP contribution in [0.25, 0.3) is 76.9 Å². The van der Waals surface area contributed by atoms with E-state index in [9.17, 15) is 0 Å². The molecule has 0 N–H and O–H groups in total. The summed E-state index contributed by atoms with van der Waals surface area (Å²) in [6.07, 6.45) is 0. The summed E-state index contributed by atoms with van der Waals surface area (Å²) in [5.74, 6) is 0. The van der Waals surface area contributed by atoms with Crippen LogP contribution in [0.15, 0.2) is 205 Å². The van der Waals surface area contributed by atoms with Crippen molar-refractivity contribution in [2.24, 2.45) is 0 Å². The molecule has 1 heterocycles. The van der Waals surface area contributed by atoms with Crippen LogP contribution in [0.1, 0.15) is 0 Å². The highest BCUT2D eigenvalue weighted by Crippen LogP contribution is 2.47. The number of para-hydroxylation sites is 1. The molecule has 0 saturated heterocycles. The molecule has 9 aromatic carbocycles. The van der Waals surface area contributed by atoms with E-state index < -0.39 is 0 Å². The molecule has 0 fully saturated rings. The van der Waals surface area contributed by atoms with E-state index in [0.717, 1.165) is 50.1 Å².